The van der Waals surface area contributed by atoms with Crippen LogP contribution in [0.4, 0.5) is 17.6 Å². The first kappa shape index (κ1) is 19.2. The molecule has 1 N–H and O–H groups in total. The molecule has 2 heterocycles. The first-order valence-corrected chi connectivity index (χ1v) is 9.28. The van der Waals surface area contributed by atoms with Crippen LogP contribution in [0.3, 0.4) is 0 Å². The van der Waals surface area contributed by atoms with Gasteiger partial charge in [-0.3, -0.25) is 4.90 Å². The summed E-state index contributed by atoms with van der Waals surface area (Å²) in [6.45, 7) is -0.254. The van der Waals surface area contributed by atoms with Crippen molar-refractivity contribution < 1.29 is 27.4 Å². The Hall–Kier alpha value is -2.12. The Labute approximate surface area is 160 Å². The van der Waals surface area contributed by atoms with Gasteiger partial charge in [-0.05, 0) is 31.2 Å². The highest BCUT2D eigenvalue weighted by atomic mass is 19.2. The highest BCUT2D eigenvalue weighted by Crippen LogP contribution is 2.46. The summed E-state index contributed by atoms with van der Waals surface area (Å²) in [4.78, 5) is 1.85. The minimum Gasteiger partial charge on any atom is -0.491 e. The van der Waals surface area contributed by atoms with Crippen LogP contribution in [0.25, 0.3) is 0 Å². The lowest BCUT2D eigenvalue weighted by molar-refractivity contribution is -0.0600. The van der Waals surface area contributed by atoms with Crippen LogP contribution in [0.15, 0.2) is 30.3 Å². The Bertz CT molecular complexity index is 847. The SMILES string of the molecule is COc1c(F)c(F)c(CN2C3CCC2CC(O)(c2ccccc2)C3)c(F)c1F. The second-order valence-electron chi connectivity index (χ2n) is 7.63. The Kier molecular flexibility index (Phi) is 4.83. The fraction of sp³-hybridized carbons (Fsp3) is 0.429. The zero-order valence-corrected chi connectivity index (χ0v) is 15.4. The molecule has 4 rings (SSSR count). The Morgan fingerprint density at radius 2 is 1.50 bits per heavy atom. The van der Waals surface area contributed by atoms with Crippen LogP contribution in [0.5, 0.6) is 5.75 Å². The number of rotatable bonds is 4. The van der Waals surface area contributed by atoms with E-state index in [1.807, 2.05) is 35.2 Å². The van der Waals surface area contributed by atoms with Crippen LogP contribution in [0.1, 0.15) is 36.8 Å². The van der Waals surface area contributed by atoms with Gasteiger partial charge in [0, 0.05) is 24.2 Å². The third-order valence-electron chi connectivity index (χ3n) is 6.09. The zero-order chi connectivity index (χ0) is 20.1. The molecule has 2 unspecified atom stereocenters. The summed E-state index contributed by atoms with van der Waals surface area (Å²) in [6, 6.07) is 9.05. The Morgan fingerprint density at radius 3 is 2.00 bits per heavy atom. The molecule has 0 saturated carbocycles. The average molecular weight is 395 g/mol. The van der Waals surface area contributed by atoms with Gasteiger partial charge in [0.05, 0.1) is 12.7 Å². The number of aliphatic hydroxyl groups is 1. The topological polar surface area (TPSA) is 32.7 Å². The van der Waals surface area contributed by atoms with Gasteiger partial charge in [-0.1, -0.05) is 30.3 Å². The van der Waals surface area contributed by atoms with Gasteiger partial charge in [0.1, 0.15) is 0 Å². The van der Waals surface area contributed by atoms with Crippen LogP contribution in [0.2, 0.25) is 0 Å². The van der Waals surface area contributed by atoms with E-state index in [9.17, 15) is 22.7 Å². The number of fused-ring (bicyclic) bond motifs is 2. The van der Waals surface area contributed by atoms with Gasteiger partial charge in [0.2, 0.25) is 11.6 Å². The van der Waals surface area contributed by atoms with E-state index < -0.39 is 40.2 Å². The van der Waals surface area contributed by atoms with E-state index in [2.05, 4.69) is 4.74 Å². The lowest BCUT2D eigenvalue weighted by Gasteiger charge is -2.44. The number of halogens is 4. The molecule has 2 bridgehead atoms. The van der Waals surface area contributed by atoms with Gasteiger partial charge in [-0.2, -0.15) is 8.78 Å². The fourth-order valence-corrected chi connectivity index (χ4v) is 4.72. The second-order valence-corrected chi connectivity index (χ2v) is 7.63. The lowest BCUT2D eigenvalue weighted by atomic mass is 9.80. The predicted octanol–water partition coefficient (Wildman–Crippen LogP) is 4.27. The fourth-order valence-electron chi connectivity index (χ4n) is 4.72. The highest BCUT2D eigenvalue weighted by Gasteiger charge is 2.48. The van der Waals surface area contributed by atoms with Crippen molar-refractivity contribution in [2.24, 2.45) is 0 Å². The molecule has 2 aliphatic heterocycles. The molecule has 2 aromatic carbocycles. The van der Waals surface area contributed by atoms with Crippen molar-refractivity contribution in [2.45, 2.75) is 49.9 Å². The Balaban J connectivity index is 1.62. The van der Waals surface area contributed by atoms with E-state index in [0.29, 0.717) is 12.8 Å². The first-order valence-electron chi connectivity index (χ1n) is 9.28. The van der Waals surface area contributed by atoms with Crippen LogP contribution in [-0.4, -0.2) is 29.2 Å². The molecule has 2 fully saturated rings. The maximum atomic E-state index is 14.4. The maximum Gasteiger partial charge on any atom is 0.204 e. The van der Waals surface area contributed by atoms with Gasteiger partial charge < -0.3 is 9.84 Å². The zero-order valence-electron chi connectivity index (χ0n) is 15.4. The van der Waals surface area contributed by atoms with E-state index in [1.165, 1.54) is 0 Å². The number of ether oxygens (including phenoxy) is 1. The maximum absolute atomic E-state index is 14.4. The van der Waals surface area contributed by atoms with Crippen molar-refractivity contribution in [1.82, 2.24) is 4.90 Å². The summed E-state index contributed by atoms with van der Waals surface area (Å²) in [6.07, 6.45) is 2.31. The number of piperidine rings is 1. The highest BCUT2D eigenvalue weighted by molar-refractivity contribution is 5.35. The summed E-state index contributed by atoms with van der Waals surface area (Å²) in [7, 11) is 0.954. The molecule has 2 saturated heterocycles. The third kappa shape index (κ3) is 2.97. The minimum absolute atomic E-state index is 0.129. The van der Waals surface area contributed by atoms with Gasteiger partial charge in [0.15, 0.2) is 17.4 Å². The largest absolute Gasteiger partial charge is 0.491 e. The van der Waals surface area contributed by atoms with Crippen molar-refractivity contribution in [2.75, 3.05) is 7.11 Å². The van der Waals surface area contributed by atoms with Crippen LogP contribution in [0, 0.1) is 23.3 Å². The van der Waals surface area contributed by atoms with Crippen molar-refractivity contribution in [3.05, 3.63) is 64.7 Å². The smallest absolute Gasteiger partial charge is 0.204 e. The first-order chi connectivity index (χ1) is 13.4. The third-order valence-corrected chi connectivity index (χ3v) is 6.09. The molecule has 0 radical (unpaired) electrons. The molecule has 0 amide bonds. The summed E-state index contributed by atoms with van der Waals surface area (Å²) in [5.41, 5.74) is -0.847. The van der Waals surface area contributed by atoms with Crippen molar-refractivity contribution in [3.63, 3.8) is 0 Å². The molecular formula is C21H21F4NO2. The molecule has 0 spiro atoms. The van der Waals surface area contributed by atoms with E-state index >= 15 is 0 Å². The predicted molar refractivity (Wildman–Crippen MR) is 94.8 cm³/mol. The van der Waals surface area contributed by atoms with Crippen LogP contribution >= 0.6 is 0 Å². The van der Waals surface area contributed by atoms with Crippen molar-refractivity contribution >= 4 is 0 Å². The molecule has 3 nitrogen and oxygen atoms in total. The average Bonchev–Trinajstić information content (AvgIpc) is 2.94. The monoisotopic (exact) mass is 395 g/mol. The van der Waals surface area contributed by atoms with Crippen LogP contribution < -0.4 is 4.74 Å². The molecule has 2 aliphatic rings. The van der Waals surface area contributed by atoms with E-state index in [1.54, 1.807) is 0 Å². The standard InChI is InChI=1S/C21H21F4NO2/c1-28-20-18(24)16(22)15(17(23)19(20)25)11-26-13-7-8-14(26)10-21(27,9-13)12-5-3-2-4-6-12/h2-6,13-14,27H,7-11H2,1H3. The number of methoxy groups -OCH3 is 1. The number of nitrogens with zero attached hydrogens (tertiary/aromatic N) is 1. The number of hydrogen-bond acceptors (Lipinski definition) is 3. The normalized spacial score (nSPS) is 27.2. The summed E-state index contributed by atoms with van der Waals surface area (Å²) in [5.74, 6) is -6.97. The molecule has 28 heavy (non-hydrogen) atoms. The molecular weight excluding hydrogens is 374 g/mol. The second kappa shape index (κ2) is 7.04. The van der Waals surface area contributed by atoms with Gasteiger partial charge in [-0.25, -0.2) is 8.78 Å². The number of benzene rings is 2. The van der Waals surface area contributed by atoms with E-state index in [4.69, 9.17) is 0 Å². The van der Waals surface area contributed by atoms with E-state index in [-0.39, 0.29) is 18.6 Å². The van der Waals surface area contributed by atoms with Crippen LogP contribution in [-0.2, 0) is 12.1 Å². The van der Waals surface area contributed by atoms with Gasteiger partial charge in [-0.15, -0.1) is 0 Å². The molecule has 0 aromatic heterocycles. The summed E-state index contributed by atoms with van der Waals surface area (Å²) < 4.78 is 61.3. The molecule has 2 atom stereocenters. The summed E-state index contributed by atoms with van der Waals surface area (Å²) >= 11 is 0. The number of hydrogen-bond donors (Lipinski definition) is 1. The minimum atomic E-state index is -1.53. The lowest BCUT2D eigenvalue weighted by Crippen LogP contribution is -2.49. The van der Waals surface area contributed by atoms with Gasteiger partial charge >= 0.3 is 0 Å². The summed E-state index contributed by atoms with van der Waals surface area (Å²) in [5, 5.41) is 11.2. The molecule has 7 heteroatoms. The quantitative estimate of drug-likeness (QED) is 0.620. The Morgan fingerprint density at radius 1 is 0.964 bits per heavy atom. The van der Waals surface area contributed by atoms with Gasteiger partial charge in [0.25, 0.3) is 0 Å². The van der Waals surface area contributed by atoms with Crippen molar-refractivity contribution in [3.8, 4) is 5.75 Å². The van der Waals surface area contributed by atoms with Crippen molar-refractivity contribution in [1.29, 1.82) is 0 Å². The molecule has 2 aromatic rings. The van der Waals surface area contributed by atoms with E-state index in [0.717, 1.165) is 25.5 Å². The molecule has 0 aliphatic carbocycles. The molecule has 150 valence electrons.